The van der Waals surface area contributed by atoms with Crippen LogP contribution in [0.4, 0.5) is 13.2 Å². The molecule has 2 aromatic heterocycles. The monoisotopic (exact) mass is 275 g/mol. The van der Waals surface area contributed by atoms with Gasteiger partial charge >= 0.3 is 6.18 Å². The predicted molar refractivity (Wildman–Crippen MR) is 56.8 cm³/mol. The molecule has 8 heteroatoms. The number of aromatic nitrogens is 3. The van der Waals surface area contributed by atoms with E-state index in [1.165, 1.54) is 12.3 Å². The van der Waals surface area contributed by atoms with Gasteiger partial charge in [-0.05, 0) is 12.1 Å². The Morgan fingerprint density at radius 1 is 1.33 bits per heavy atom. The number of rotatable bonds is 2. The zero-order chi connectivity index (χ0) is 13.3. The first kappa shape index (κ1) is 12.6. The Kier molecular flexibility index (Phi) is 3.08. The van der Waals surface area contributed by atoms with Crippen molar-refractivity contribution in [2.24, 2.45) is 0 Å². The van der Waals surface area contributed by atoms with Crippen LogP contribution in [-0.4, -0.2) is 21.1 Å². The summed E-state index contributed by atoms with van der Waals surface area (Å²) in [5.74, 6) is 0.0982. The zero-order valence-corrected chi connectivity index (χ0v) is 9.40. The molecule has 0 radical (unpaired) electrons. The van der Waals surface area contributed by atoms with Crippen LogP contribution in [0.2, 0.25) is 5.15 Å². The molecular formula is C10H5ClF3N3O. The molecule has 0 aliphatic heterocycles. The summed E-state index contributed by atoms with van der Waals surface area (Å²) < 4.78 is 38.7. The molecule has 0 spiro atoms. The molecule has 0 aliphatic rings. The lowest BCUT2D eigenvalue weighted by atomic mass is 10.2. The van der Waals surface area contributed by atoms with Crippen molar-refractivity contribution >= 4 is 17.9 Å². The van der Waals surface area contributed by atoms with Crippen LogP contribution in [0.5, 0.6) is 0 Å². The van der Waals surface area contributed by atoms with Gasteiger partial charge in [0.25, 0.3) is 0 Å². The first-order valence-corrected chi connectivity index (χ1v) is 5.05. The number of nitrogens with zero attached hydrogens (tertiary/aromatic N) is 3. The number of aldehydes is 1. The van der Waals surface area contributed by atoms with Gasteiger partial charge < -0.3 is 0 Å². The van der Waals surface area contributed by atoms with Crippen LogP contribution in [0.25, 0.3) is 5.82 Å². The van der Waals surface area contributed by atoms with Gasteiger partial charge in [0.2, 0.25) is 0 Å². The molecule has 0 bridgehead atoms. The van der Waals surface area contributed by atoms with Gasteiger partial charge in [-0.1, -0.05) is 17.7 Å². The second-order valence-electron chi connectivity index (χ2n) is 3.27. The molecule has 2 rings (SSSR count). The molecule has 0 amide bonds. The van der Waals surface area contributed by atoms with E-state index in [0.717, 1.165) is 4.68 Å². The first-order valence-electron chi connectivity index (χ1n) is 4.67. The molecule has 0 N–H and O–H groups in total. The van der Waals surface area contributed by atoms with Gasteiger partial charge in [-0.25, -0.2) is 9.67 Å². The van der Waals surface area contributed by atoms with E-state index in [2.05, 4.69) is 10.1 Å². The van der Waals surface area contributed by atoms with Gasteiger partial charge in [-0.3, -0.25) is 4.79 Å². The van der Waals surface area contributed by atoms with Crippen molar-refractivity contribution in [1.29, 1.82) is 0 Å². The molecule has 0 saturated heterocycles. The van der Waals surface area contributed by atoms with E-state index in [1.807, 2.05) is 0 Å². The third-order valence-electron chi connectivity index (χ3n) is 2.12. The summed E-state index contributed by atoms with van der Waals surface area (Å²) in [5, 5.41) is 2.87. The molecule has 18 heavy (non-hydrogen) atoms. The minimum Gasteiger partial charge on any atom is -0.298 e. The summed E-state index contributed by atoms with van der Waals surface area (Å²) in [6, 6.07) is 4.58. The lowest BCUT2D eigenvalue weighted by molar-refractivity contribution is -0.141. The van der Waals surface area contributed by atoms with Gasteiger partial charge in [-0.2, -0.15) is 18.3 Å². The van der Waals surface area contributed by atoms with Gasteiger partial charge in [0.1, 0.15) is 5.15 Å². The van der Waals surface area contributed by atoms with E-state index in [4.69, 9.17) is 11.6 Å². The standard InChI is InChI=1S/C10H5ClF3N3O/c11-9-6(5-18)8(10(12,13)14)16-17(9)7-3-1-2-4-15-7/h1-5H. The van der Waals surface area contributed by atoms with E-state index in [1.54, 1.807) is 12.1 Å². The number of hydrogen-bond acceptors (Lipinski definition) is 3. The van der Waals surface area contributed by atoms with E-state index in [0.29, 0.717) is 0 Å². The predicted octanol–water partition coefficient (Wildman–Crippen LogP) is 2.75. The molecule has 94 valence electrons. The molecule has 0 unspecified atom stereocenters. The average Bonchev–Trinajstić information content (AvgIpc) is 2.67. The summed E-state index contributed by atoms with van der Waals surface area (Å²) in [6.07, 6.45) is -3.35. The highest BCUT2D eigenvalue weighted by Crippen LogP contribution is 2.34. The van der Waals surface area contributed by atoms with Crippen molar-refractivity contribution in [1.82, 2.24) is 14.8 Å². The molecule has 0 saturated carbocycles. The fraction of sp³-hybridized carbons (Fsp3) is 0.100. The zero-order valence-electron chi connectivity index (χ0n) is 8.65. The normalized spacial score (nSPS) is 11.6. The number of carbonyl (C=O) groups excluding carboxylic acids is 1. The summed E-state index contributed by atoms with van der Waals surface area (Å²) in [7, 11) is 0. The first-order chi connectivity index (χ1) is 8.45. The van der Waals surface area contributed by atoms with Crippen molar-refractivity contribution in [2.75, 3.05) is 0 Å². The van der Waals surface area contributed by atoms with Crippen molar-refractivity contribution in [3.8, 4) is 5.82 Å². The van der Waals surface area contributed by atoms with E-state index >= 15 is 0 Å². The SMILES string of the molecule is O=Cc1c(C(F)(F)F)nn(-c2ccccn2)c1Cl. The Morgan fingerprint density at radius 2 is 2.06 bits per heavy atom. The minimum absolute atomic E-state index is 0.0254. The van der Waals surface area contributed by atoms with Crippen LogP contribution < -0.4 is 0 Å². The highest BCUT2D eigenvalue weighted by Gasteiger charge is 2.39. The number of hydrogen-bond donors (Lipinski definition) is 0. The number of halogens is 4. The Balaban J connectivity index is 2.65. The highest BCUT2D eigenvalue weighted by atomic mass is 35.5. The molecule has 2 heterocycles. The second kappa shape index (κ2) is 4.41. The van der Waals surface area contributed by atoms with E-state index < -0.39 is 22.6 Å². The van der Waals surface area contributed by atoms with Crippen LogP contribution in [0.1, 0.15) is 16.1 Å². The van der Waals surface area contributed by atoms with Crippen LogP contribution >= 0.6 is 11.6 Å². The molecule has 4 nitrogen and oxygen atoms in total. The highest BCUT2D eigenvalue weighted by molar-refractivity contribution is 6.32. The molecule has 0 atom stereocenters. The molecular weight excluding hydrogens is 271 g/mol. The van der Waals surface area contributed by atoms with Crippen LogP contribution in [0, 0.1) is 0 Å². The van der Waals surface area contributed by atoms with Gasteiger partial charge in [0, 0.05) is 6.20 Å². The van der Waals surface area contributed by atoms with Crippen LogP contribution in [0.15, 0.2) is 24.4 Å². The Hall–Kier alpha value is -1.89. The second-order valence-corrected chi connectivity index (χ2v) is 3.63. The maximum Gasteiger partial charge on any atom is 0.435 e. The molecule has 2 aromatic rings. The quantitative estimate of drug-likeness (QED) is 0.792. The Bertz CT molecular complexity index is 580. The van der Waals surface area contributed by atoms with Gasteiger partial charge in [0.15, 0.2) is 17.8 Å². The van der Waals surface area contributed by atoms with E-state index in [-0.39, 0.29) is 12.1 Å². The van der Waals surface area contributed by atoms with Crippen LogP contribution in [0.3, 0.4) is 0 Å². The summed E-state index contributed by atoms with van der Waals surface area (Å²) in [5.41, 5.74) is -2.03. The van der Waals surface area contributed by atoms with Crippen molar-refractivity contribution in [2.45, 2.75) is 6.18 Å². The summed E-state index contributed by atoms with van der Waals surface area (Å²) in [4.78, 5) is 14.5. The maximum atomic E-state index is 12.6. The molecule has 0 aromatic carbocycles. The third kappa shape index (κ3) is 2.08. The van der Waals surface area contributed by atoms with Crippen LogP contribution in [-0.2, 0) is 6.18 Å². The molecule has 0 aliphatic carbocycles. The number of pyridine rings is 1. The topological polar surface area (TPSA) is 47.8 Å². The minimum atomic E-state index is -4.75. The number of carbonyl (C=O) groups is 1. The van der Waals surface area contributed by atoms with E-state index in [9.17, 15) is 18.0 Å². The Morgan fingerprint density at radius 3 is 2.50 bits per heavy atom. The largest absolute Gasteiger partial charge is 0.435 e. The van der Waals surface area contributed by atoms with Gasteiger partial charge in [0.05, 0.1) is 5.56 Å². The van der Waals surface area contributed by atoms with Crippen molar-refractivity contribution in [3.63, 3.8) is 0 Å². The summed E-state index contributed by atoms with van der Waals surface area (Å²) >= 11 is 5.70. The lowest BCUT2D eigenvalue weighted by Crippen LogP contribution is -2.09. The fourth-order valence-corrected chi connectivity index (χ4v) is 1.61. The van der Waals surface area contributed by atoms with Gasteiger partial charge in [-0.15, -0.1) is 0 Å². The summed E-state index contributed by atoms with van der Waals surface area (Å²) in [6.45, 7) is 0. The number of alkyl halides is 3. The third-order valence-corrected chi connectivity index (χ3v) is 2.48. The lowest BCUT2D eigenvalue weighted by Gasteiger charge is -2.02. The maximum absolute atomic E-state index is 12.6. The Labute approximate surface area is 104 Å². The van der Waals surface area contributed by atoms with Crippen molar-refractivity contribution in [3.05, 3.63) is 40.8 Å². The smallest absolute Gasteiger partial charge is 0.298 e. The van der Waals surface area contributed by atoms with Crippen molar-refractivity contribution < 1.29 is 18.0 Å². The molecule has 0 fully saturated rings. The average molecular weight is 276 g/mol. The fourth-order valence-electron chi connectivity index (χ4n) is 1.35.